The van der Waals surface area contributed by atoms with Crippen LogP contribution >= 0.6 is 11.3 Å². The third-order valence-electron chi connectivity index (χ3n) is 4.02. The van der Waals surface area contributed by atoms with Gasteiger partial charge in [0.15, 0.2) is 0 Å². The Hall–Kier alpha value is -2.21. The molecule has 1 amide bonds. The molecule has 1 saturated heterocycles. The summed E-state index contributed by atoms with van der Waals surface area (Å²) in [7, 11) is 0. The number of aromatic nitrogens is 2. The molecule has 5 nitrogen and oxygen atoms in total. The quantitative estimate of drug-likeness (QED) is 0.848. The Morgan fingerprint density at radius 2 is 2.21 bits per heavy atom. The largest absolute Gasteiger partial charge is 0.356 e. The average Bonchev–Trinajstić information content (AvgIpc) is 3.04. The first-order valence-corrected chi connectivity index (χ1v) is 9.17. The number of nitrogens with zero attached hydrogens (tertiary/aromatic N) is 3. The molecule has 0 spiro atoms. The minimum absolute atomic E-state index is 0.117. The fourth-order valence-corrected chi connectivity index (χ4v) is 3.40. The number of aryl methyl sites for hydroxylation is 1. The predicted molar refractivity (Wildman–Crippen MR) is 98.0 cm³/mol. The van der Waals surface area contributed by atoms with Crippen molar-refractivity contribution >= 4 is 29.1 Å². The van der Waals surface area contributed by atoms with E-state index in [1.807, 2.05) is 30.6 Å². The first-order chi connectivity index (χ1) is 11.7. The maximum Gasteiger partial charge on any atom is 0.244 e. The van der Waals surface area contributed by atoms with Crippen LogP contribution in [0, 0.1) is 6.92 Å². The van der Waals surface area contributed by atoms with E-state index in [2.05, 4.69) is 20.2 Å². The van der Waals surface area contributed by atoms with Crippen molar-refractivity contribution in [3.05, 3.63) is 46.1 Å². The predicted octanol–water partition coefficient (Wildman–Crippen LogP) is 3.17. The zero-order chi connectivity index (χ0) is 16.8. The number of thiazole rings is 1. The van der Waals surface area contributed by atoms with E-state index in [0.29, 0.717) is 6.54 Å². The van der Waals surface area contributed by atoms with Gasteiger partial charge in [-0.1, -0.05) is 6.07 Å². The summed E-state index contributed by atoms with van der Waals surface area (Å²) >= 11 is 1.58. The van der Waals surface area contributed by atoms with Gasteiger partial charge in [0, 0.05) is 42.9 Å². The molecule has 2 aromatic heterocycles. The lowest BCUT2D eigenvalue weighted by Gasteiger charge is -2.29. The number of carbonyl (C=O) groups excluding carboxylic acids is 1. The van der Waals surface area contributed by atoms with E-state index < -0.39 is 0 Å². The molecule has 24 heavy (non-hydrogen) atoms. The zero-order valence-corrected chi connectivity index (χ0v) is 14.7. The summed E-state index contributed by atoms with van der Waals surface area (Å²) in [6.07, 6.45) is 8.80. The Labute approximate surface area is 146 Å². The highest BCUT2D eigenvalue weighted by Gasteiger charge is 2.15. The second-order valence-corrected chi connectivity index (χ2v) is 6.94. The highest BCUT2D eigenvalue weighted by Crippen LogP contribution is 2.21. The molecule has 0 atom stereocenters. The fourth-order valence-electron chi connectivity index (χ4n) is 2.82. The molecule has 126 valence electrons. The maximum atomic E-state index is 12.0. The summed E-state index contributed by atoms with van der Waals surface area (Å²) < 4.78 is 0. The lowest BCUT2D eigenvalue weighted by atomic mass is 10.1. The number of pyridine rings is 1. The number of anilines is 1. The molecule has 3 rings (SSSR count). The number of hydrogen-bond acceptors (Lipinski definition) is 5. The van der Waals surface area contributed by atoms with Gasteiger partial charge in [0.05, 0.1) is 10.7 Å². The number of piperidine rings is 1. The molecule has 0 saturated carbocycles. The molecule has 6 heteroatoms. The first kappa shape index (κ1) is 16.6. The zero-order valence-electron chi connectivity index (χ0n) is 13.9. The number of carbonyl (C=O) groups is 1. The van der Waals surface area contributed by atoms with Crippen molar-refractivity contribution < 1.29 is 4.79 Å². The van der Waals surface area contributed by atoms with Crippen LogP contribution in [0.4, 0.5) is 5.82 Å². The van der Waals surface area contributed by atoms with E-state index in [4.69, 9.17) is 0 Å². The Balaban J connectivity index is 1.60. The van der Waals surface area contributed by atoms with Crippen LogP contribution in [0.2, 0.25) is 0 Å². The van der Waals surface area contributed by atoms with Crippen molar-refractivity contribution in [2.45, 2.75) is 32.7 Å². The second-order valence-electron chi connectivity index (χ2n) is 5.88. The van der Waals surface area contributed by atoms with Crippen LogP contribution in [0.25, 0.3) is 6.08 Å². The first-order valence-electron chi connectivity index (χ1n) is 8.29. The van der Waals surface area contributed by atoms with Crippen LogP contribution in [0.1, 0.15) is 35.5 Å². The van der Waals surface area contributed by atoms with Crippen LogP contribution in [-0.2, 0) is 11.3 Å². The minimum atomic E-state index is -0.117. The summed E-state index contributed by atoms with van der Waals surface area (Å²) in [4.78, 5) is 23.2. The Morgan fingerprint density at radius 3 is 2.96 bits per heavy atom. The van der Waals surface area contributed by atoms with Crippen LogP contribution in [-0.4, -0.2) is 29.0 Å². The average molecular weight is 342 g/mol. The smallest absolute Gasteiger partial charge is 0.244 e. The third-order valence-corrected chi connectivity index (χ3v) is 4.81. The maximum absolute atomic E-state index is 12.0. The second kappa shape index (κ2) is 8.06. The monoisotopic (exact) mass is 342 g/mol. The molecule has 2 aromatic rings. The van der Waals surface area contributed by atoms with Crippen molar-refractivity contribution in [1.82, 2.24) is 15.3 Å². The van der Waals surface area contributed by atoms with E-state index >= 15 is 0 Å². The SMILES string of the molecule is Cc1nc(/C=C/C(=O)NCc2cccnc2N2CCCCC2)cs1. The van der Waals surface area contributed by atoms with Crippen LogP contribution < -0.4 is 10.2 Å². The lowest BCUT2D eigenvalue weighted by Crippen LogP contribution is -2.32. The van der Waals surface area contributed by atoms with E-state index in [1.54, 1.807) is 17.4 Å². The molecule has 0 bridgehead atoms. The Kier molecular flexibility index (Phi) is 5.59. The van der Waals surface area contributed by atoms with Crippen LogP contribution in [0.15, 0.2) is 29.8 Å². The van der Waals surface area contributed by atoms with Gasteiger partial charge in [-0.3, -0.25) is 4.79 Å². The van der Waals surface area contributed by atoms with Crippen LogP contribution in [0.5, 0.6) is 0 Å². The van der Waals surface area contributed by atoms with E-state index in [1.165, 1.54) is 25.3 Å². The number of nitrogens with one attached hydrogen (secondary N) is 1. The van der Waals surface area contributed by atoms with E-state index in [0.717, 1.165) is 35.2 Å². The molecule has 1 aliphatic heterocycles. The molecular weight excluding hydrogens is 320 g/mol. The summed E-state index contributed by atoms with van der Waals surface area (Å²) in [5.41, 5.74) is 1.88. The standard InChI is InChI=1S/C18H22N4OS/c1-14-21-16(13-24-14)7-8-17(23)20-12-15-6-5-9-19-18(15)22-10-3-2-4-11-22/h5-9,13H,2-4,10-12H2,1H3,(H,20,23)/b8-7+. The van der Waals surface area contributed by atoms with Gasteiger partial charge < -0.3 is 10.2 Å². The third kappa shape index (κ3) is 4.41. The molecule has 0 aliphatic carbocycles. The fraction of sp³-hybridized carbons (Fsp3) is 0.389. The molecule has 0 unspecified atom stereocenters. The highest BCUT2D eigenvalue weighted by molar-refractivity contribution is 7.09. The van der Waals surface area contributed by atoms with Gasteiger partial charge in [0.25, 0.3) is 0 Å². The topological polar surface area (TPSA) is 58.1 Å². The number of rotatable bonds is 5. The molecule has 3 heterocycles. The molecular formula is C18H22N4OS. The van der Waals surface area contributed by atoms with Gasteiger partial charge in [0.1, 0.15) is 5.82 Å². The lowest BCUT2D eigenvalue weighted by molar-refractivity contribution is -0.116. The van der Waals surface area contributed by atoms with Crippen molar-refractivity contribution in [2.75, 3.05) is 18.0 Å². The molecule has 1 fully saturated rings. The normalized spacial score (nSPS) is 15.0. The van der Waals surface area contributed by atoms with Gasteiger partial charge in [-0.2, -0.15) is 0 Å². The van der Waals surface area contributed by atoms with E-state index in [9.17, 15) is 4.79 Å². The van der Waals surface area contributed by atoms with Gasteiger partial charge in [-0.15, -0.1) is 11.3 Å². The van der Waals surface area contributed by atoms with Gasteiger partial charge >= 0.3 is 0 Å². The van der Waals surface area contributed by atoms with Gasteiger partial charge in [0.2, 0.25) is 5.91 Å². The molecule has 1 aliphatic rings. The number of hydrogen-bond donors (Lipinski definition) is 1. The highest BCUT2D eigenvalue weighted by atomic mass is 32.1. The van der Waals surface area contributed by atoms with Crippen LogP contribution in [0.3, 0.4) is 0 Å². The molecule has 0 aromatic carbocycles. The summed E-state index contributed by atoms with van der Waals surface area (Å²) in [5.74, 6) is 0.880. The summed E-state index contributed by atoms with van der Waals surface area (Å²) in [5, 5.41) is 5.87. The Morgan fingerprint density at radius 1 is 1.38 bits per heavy atom. The van der Waals surface area contributed by atoms with Crippen molar-refractivity contribution in [3.8, 4) is 0 Å². The Bertz CT molecular complexity index is 719. The van der Waals surface area contributed by atoms with Crippen molar-refractivity contribution in [1.29, 1.82) is 0 Å². The van der Waals surface area contributed by atoms with Gasteiger partial charge in [-0.25, -0.2) is 9.97 Å². The summed E-state index contributed by atoms with van der Waals surface area (Å²) in [6, 6.07) is 3.95. The van der Waals surface area contributed by atoms with Crippen molar-refractivity contribution in [3.63, 3.8) is 0 Å². The minimum Gasteiger partial charge on any atom is -0.356 e. The van der Waals surface area contributed by atoms with E-state index in [-0.39, 0.29) is 5.91 Å². The molecule has 1 N–H and O–H groups in total. The molecule has 0 radical (unpaired) electrons. The number of amides is 1. The van der Waals surface area contributed by atoms with Gasteiger partial charge in [-0.05, 0) is 38.3 Å². The van der Waals surface area contributed by atoms with Crippen molar-refractivity contribution in [2.24, 2.45) is 0 Å². The summed E-state index contributed by atoms with van der Waals surface area (Å²) in [6.45, 7) is 4.52.